The number of nitrogens with one attached hydrogen (secondary N) is 2. The summed E-state index contributed by atoms with van der Waals surface area (Å²) < 4.78 is 20.2. The molecule has 1 aliphatic carbocycles. The van der Waals surface area contributed by atoms with Gasteiger partial charge in [0.2, 0.25) is 5.91 Å². The maximum atomic E-state index is 15.0. The van der Waals surface area contributed by atoms with Crippen molar-refractivity contribution in [1.82, 2.24) is 10.3 Å². The number of nitrogens with zero attached hydrogens (tertiary/aromatic N) is 4. The molecule has 1 aromatic heterocycles. The van der Waals surface area contributed by atoms with Crippen molar-refractivity contribution in [2.75, 3.05) is 41.3 Å². The van der Waals surface area contributed by atoms with Gasteiger partial charge in [-0.3, -0.25) is 9.69 Å². The minimum Gasteiger partial charge on any atom is -0.442 e. The summed E-state index contributed by atoms with van der Waals surface area (Å²) in [5.74, 6) is 0.971. The van der Waals surface area contributed by atoms with Crippen molar-refractivity contribution in [1.29, 1.82) is 5.26 Å². The summed E-state index contributed by atoms with van der Waals surface area (Å²) in [7, 11) is 0. The zero-order valence-corrected chi connectivity index (χ0v) is 18.0. The van der Waals surface area contributed by atoms with Crippen LogP contribution < -0.4 is 20.4 Å². The van der Waals surface area contributed by atoms with Gasteiger partial charge in [0.05, 0.1) is 30.0 Å². The average molecular weight is 450 g/mol. The second-order valence-electron chi connectivity index (χ2n) is 8.64. The topological polar surface area (TPSA) is 111 Å². The number of fused-ring (bicyclic) bond motifs is 1. The van der Waals surface area contributed by atoms with Gasteiger partial charge in [0.1, 0.15) is 23.8 Å². The zero-order chi connectivity index (χ0) is 23.1. The van der Waals surface area contributed by atoms with Crippen molar-refractivity contribution in [2.45, 2.75) is 19.1 Å². The number of anilines is 3. The van der Waals surface area contributed by atoms with Gasteiger partial charge in [0, 0.05) is 44.1 Å². The van der Waals surface area contributed by atoms with Crippen LogP contribution in [0, 0.1) is 29.0 Å². The molecule has 9 nitrogen and oxygen atoms in total. The fourth-order valence-electron chi connectivity index (χ4n) is 4.67. The Bertz CT molecular complexity index is 1120. The fraction of sp³-hybridized carbons (Fsp3) is 0.391. The lowest BCUT2D eigenvalue weighted by Crippen LogP contribution is -2.33. The number of benzene rings is 1. The number of nitriles is 1. The molecule has 0 radical (unpaired) electrons. The highest BCUT2D eigenvalue weighted by Gasteiger charge is 2.56. The number of piperidine rings is 1. The second-order valence-corrected chi connectivity index (χ2v) is 8.64. The molecule has 2 saturated heterocycles. The maximum Gasteiger partial charge on any atom is 0.414 e. The predicted molar refractivity (Wildman–Crippen MR) is 118 cm³/mol. The number of ether oxygens (including phenoxy) is 1. The van der Waals surface area contributed by atoms with Crippen LogP contribution in [0.4, 0.5) is 26.4 Å². The molecular weight excluding hydrogens is 427 g/mol. The van der Waals surface area contributed by atoms with Crippen molar-refractivity contribution in [3.8, 4) is 6.07 Å². The third-order valence-electron chi connectivity index (χ3n) is 6.44. The fourth-order valence-corrected chi connectivity index (χ4v) is 4.67. The first-order chi connectivity index (χ1) is 15.9. The van der Waals surface area contributed by atoms with Crippen molar-refractivity contribution in [3.63, 3.8) is 0 Å². The lowest BCUT2D eigenvalue weighted by atomic mass is 10.2. The molecular formula is C23H23FN6O3. The number of rotatable bonds is 6. The van der Waals surface area contributed by atoms with Gasteiger partial charge in [-0.1, -0.05) is 0 Å². The molecule has 2 N–H and O–H groups in total. The Kier molecular flexibility index (Phi) is 5.24. The zero-order valence-electron chi connectivity index (χ0n) is 18.0. The van der Waals surface area contributed by atoms with Gasteiger partial charge in [0.15, 0.2) is 0 Å². The van der Waals surface area contributed by atoms with Gasteiger partial charge in [-0.25, -0.2) is 14.2 Å². The molecule has 3 fully saturated rings. The van der Waals surface area contributed by atoms with Crippen LogP contribution in [0.25, 0.3) is 0 Å². The van der Waals surface area contributed by atoms with Crippen LogP contribution in [-0.4, -0.2) is 55.3 Å². The first-order valence-corrected chi connectivity index (χ1v) is 10.8. The number of aromatic nitrogens is 1. The van der Waals surface area contributed by atoms with Gasteiger partial charge < -0.3 is 20.3 Å². The Hall–Kier alpha value is -3.87. The van der Waals surface area contributed by atoms with E-state index in [1.54, 1.807) is 30.5 Å². The molecule has 1 saturated carbocycles. The second kappa shape index (κ2) is 8.24. The van der Waals surface area contributed by atoms with Gasteiger partial charge in [-0.15, -0.1) is 0 Å². The highest BCUT2D eigenvalue weighted by atomic mass is 19.1. The molecule has 33 heavy (non-hydrogen) atoms. The van der Waals surface area contributed by atoms with Crippen LogP contribution in [0.2, 0.25) is 0 Å². The Labute approximate surface area is 190 Å². The standard InChI is InChI=1S/C23H23FN6O3/c1-13(31)26-9-16-10-30(23(32)33-16)15-3-4-20(19(24)6-15)29-11-17-18(12-29)22(17)28-21-5-2-14(7-25)8-27-21/h2-6,8,16-18,22H,9-12H2,1H3,(H,26,31)(H,27,28)/t16-,17-,18+,22?/m0/s1. The highest BCUT2D eigenvalue weighted by Crippen LogP contribution is 2.48. The quantitative estimate of drug-likeness (QED) is 0.693. The maximum absolute atomic E-state index is 15.0. The highest BCUT2D eigenvalue weighted by molar-refractivity contribution is 5.90. The van der Waals surface area contributed by atoms with Crippen molar-refractivity contribution < 1.29 is 18.7 Å². The number of carbonyl (C=O) groups is 2. The number of halogens is 1. The first-order valence-electron chi connectivity index (χ1n) is 10.8. The van der Waals surface area contributed by atoms with Crippen molar-refractivity contribution in [2.24, 2.45) is 11.8 Å². The SMILES string of the molecule is CC(=O)NC[C@H]1CN(c2ccc(N3C[C@@H]4C(Nc5ccc(C#N)cn5)[C@@H]4C3)c(F)c2)C(=O)O1. The largest absolute Gasteiger partial charge is 0.442 e. The number of hydrogen-bond acceptors (Lipinski definition) is 7. The van der Waals surface area contributed by atoms with Crippen LogP contribution >= 0.6 is 0 Å². The van der Waals surface area contributed by atoms with E-state index in [0.717, 1.165) is 18.9 Å². The van der Waals surface area contributed by atoms with E-state index in [9.17, 15) is 14.0 Å². The lowest BCUT2D eigenvalue weighted by Gasteiger charge is -2.24. The molecule has 0 bridgehead atoms. The third kappa shape index (κ3) is 4.14. The van der Waals surface area contributed by atoms with Gasteiger partial charge >= 0.3 is 6.09 Å². The molecule has 10 heteroatoms. The molecule has 3 heterocycles. The predicted octanol–water partition coefficient (Wildman–Crippen LogP) is 2.10. The van der Waals surface area contributed by atoms with E-state index in [1.807, 2.05) is 4.90 Å². The van der Waals surface area contributed by atoms with Crippen molar-refractivity contribution >= 4 is 29.2 Å². The summed E-state index contributed by atoms with van der Waals surface area (Å²) in [6.45, 7) is 3.34. The van der Waals surface area contributed by atoms with Crippen LogP contribution in [0.5, 0.6) is 0 Å². The monoisotopic (exact) mass is 450 g/mol. The molecule has 1 aromatic carbocycles. The number of carbonyl (C=O) groups excluding carboxylic acids is 2. The van der Waals surface area contributed by atoms with Crippen LogP contribution in [0.3, 0.4) is 0 Å². The van der Waals surface area contributed by atoms with E-state index >= 15 is 0 Å². The summed E-state index contributed by atoms with van der Waals surface area (Å²) in [5, 5.41) is 14.9. The molecule has 170 valence electrons. The molecule has 3 aliphatic rings. The number of cyclic esters (lactones) is 1. The van der Waals surface area contributed by atoms with Crippen molar-refractivity contribution in [3.05, 3.63) is 47.9 Å². The Morgan fingerprint density at radius 2 is 2.06 bits per heavy atom. The Morgan fingerprint density at radius 1 is 1.27 bits per heavy atom. The van der Waals surface area contributed by atoms with Gasteiger partial charge in [-0.2, -0.15) is 5.26 Å². The third-order valence-corrected chi connectivity index (χ3v) is 6.44. The summed E-state index contributed by atoms with van der Waals surface area (Å²) in [4.78, 5) is 30.9. The van der Waals surface area contributed by atoms with E-state index in [4.69, 9.17) is 10.00 Å². The molecule has 0 spiro atoms. The van der Waals surface area contributed by atoms with Crippen LogP contribution in [0.1, 0.15) is 12.5 Å². The lowest BCUT2D eigenvalue weighted by molar-refractivity contribution is -0.119. The van der Waals surface area contributed by atoms with Crippen LogP contribution in [0.15, 0.2) is 36.5 Å². The minimum absolute atomic E-state index is 0.200. The first kappa shape index (κ1) is 21.0. The van der Waals surface area contributed by atoms with Gasteiger partial charge in [-0.05, 0) is 30.3 Å². The number of hydrogen-bond donors (Lipinski definition) is 2. The Morgan fingerprint density at radius 3 is 2.70 bits per heavy atom. The minimum atomic E-state index is -0.551. The normalized spacial score (nSPS) is 25.3. The smallest absolute Gasteiger partial charge is 0.414 e. The molecule has 4 atom stereocenters. The van der Waals surface area contributed by atoms with E-state index in [-0.39, 0.29) is 24.8 Å². The van der Waals surface area contributed by atoms with E-state index in [0.29, 0.717) is 34.8 Å². The number of pyridine rings is 1. The molecule has 2 aliphatic heterocycles. The molecule has 2 amide bonds. The summed E-state index contributed by atoms with van der Waals surface area (Å²) in [6, 6.07) is 10.7. The summed E-state index contributed by atoms with van der Waals surface area (Å²) in [5.41, 5.74) is 1.47. The molecule has 5 rings (SSSR count). The van der Waals surface area contributed by atoms with Crippen LogP contribution in [-0.2, 0) is 9.53 Å². The summed E-state index contributed by atoms with van der Waals surface area (Å²) in [6.07, 6.45) is 0.525. The Balaban J connectivity index is 1.18. The van der Waals surface area contributed by atoms with E-state index < -0.39 is 12.2 Å². The van der Waals surface area contributed by atoms with Gasteiger partial charge in [0.25, 0.3) is 0 Å². The molecule has 2 aromatic rings. The average Bonchev–Trinajstić information content (AvgIpc) is 3.13. The number of amides is 2. The van der Waals surface area contributed by atoms with E-state index in [1.165, 1.54) is 17.9 Å². The van der Waals surface area contributed by atoms with E-state index in [2.05, 4.69) is 21.7 Å². The molecule has 1 unspecified atom stereocenters. The summed E-state index contributed by atoms with van der Waals surface area (Å²) >= 11 is 0.